The fourth-order valence-corrected chi connectivity index (χ4v) is 9.22. The highest BCUT2D eigenvalue weighted by molar-refractivity contribution is 6.03. The number of carbonyl (C=O) groups excluding carboxylic acids is 1. The number of benzene rings is 2. The van der Waals surface area contributed by atoms with Crippen molar-refractivity contribution in [2.45, 2.75) is 167 Å². The molecule has 0 aliphatic carbocycles. The van der Waals surface area contributed by atoms with Gasteiger partial charge in [-0.3, -0.25) is 9.59 Å². The van der Waals surface area contributed by atoms with Crippen LogP contribution in [0, 0.1) is 0 Å². The Morgan fingerprint density at radius 2 is 1.29 bits per heavy atom. The second-order valence-electron chi connectivity index (χ2n) is 16.6. The third kappa shape index (κ3) is 12.3. The van der Waals surface area contributed by atoms with Gasteiger partial charge in [0.1, 0.15) is 6.61 Å². The molecule has 1 unspecified atom stereocenters. The number of hydrogen-bond acceptors (Lipinski definition) is 4. The summed E-state index contributed by atoms with van der Waals surface area (Å²) in [5.41, 5.74) is 7.02. The van der Waals surface area contributed by atoms with Crippen LogP contribution in [0.4, 0.5) is 11.4 Å². The van der Waals surface area contributed by atoms with Crippen molar-refractivity contribution in [2.75, 3.05) is 24.6 Å². The highest BCUT2D eigenvalue weighted by atomic mass is 16.5. The van der Waals surface area contributed by atoms with Crippen LogP contribution in [0.5, 0.6) is 0 Å². The number of carboxylic acids is 1. The van der Waals surface area contributed by atoms with Crippen LogP contribution in [-0.4, -0.2) is 47.5 Å². The second-order valence-corrected chi connectivity index (χ2v) is 16.6. The highest BCUT2D eigenvalue weighted by Gasteiger charge is 2.46. The Morgan fingerprint density at radius 1 is 0.732 bits per heavy atom. The number of para-hydroxylation sites is 2. The molecule has 6 nitrogen and oxygen atoms in total. The van der Waals surface area contributed by atoms with E-state index in [1.165, 1.54) is 132 Å². The summed E-state index contributed by atoms with van der Waals surface area (Å²) in [7, 11) is 0. The number of rotatable bonds is 29. The van der Waals surface area contributed by atoms with Crippen molar-refractivity contribution < 1.29 is 24.0 Å². The van der Waals surface area contributed by atoms with Gasteiger partial charge < -0.3 is 14.7 Å². The topological polar surface area (TPSA) is 69.9 Å². The van der Waals surface area contributed by atoms with Crippen molar-refractivity contribution in [1.29, 1.82) is 0 Å². The van der Waals surface area contributed by atoms with E-state index in [-0.39, 0.29) is 17.3 Å². The van der Waals surface area contributed by atoms with Gasteiger partial charge in [0, 0.05) is 41.1 Å². The van der Waals surface area contributed by atoms with E-state index < -0.39 is 5.97 Å². The number of unbranched alkanes of at least 4 members (excludes halogenated alkanes) is 15. The van der Waals surface area contributed by atoms with Gasteiger partial charge in [-0.2, -0.15) is 4.58 Å². The van der Waals surface area contributed by atoms with E-state index in [0.717, 1.165) is 24.2 Å². The molecule has 1 atom stereocenters. The van der Waals surface area contributed by atoms with Gasteiger partial charge in [-0.05, 0) is 44.4 Å². The third-order valence-corrected chi connectivity index (χ3v) is 12.2. The molecule has 1 N–H and O–H groups in total. The van der Waals surface area contributed by atoms with Crippen molar-refractivity contribution in [3.8, 4) is 0 Å². The van der Waals surface area contributed by atoms with Gasteiger partial charge >= 0.3 is 5.97 Å². The summed E-state index contributed by atoms with van der Waals surface area (Å²) in [4.78, 5) is 25.3. The molecular weight excluding hydrogens is 693 g/mol. The predicted octanol–water partition coefficient (Wildman–Crippen LogP) is 12.9. The summed E-state index contributed by atoms with van der Waals surface area (Å²) >= 11 is 0. The van der Waals surface area contributed by atoms with Gasteiger partial charge in [-0.25, -0.2) is 0 Å². The lowest BCUT2D eigenvalue weighted by molar-refractivity contribution is -0.440. The molecule has 56 heavy (non-hydrogen) atoms. The maximum Gasteiger partial charge on any atom is 0.305 e. The Hall–Kier alpha value is -3.93. The second kappa shape index (κ2) is 24.0. The predicted molar refractivity (Wildman–Crippen MR) is 234 cm³/mol. The first kappa shape index (κ1) is 44.8. The Balaban J connectivity index is 1.63. The first-order valence-electron chi connectivity index (χ1n) is 22.3. The third-order valence-electron chi connectivity index (χ3n) is 12.2. The number of nitrogens with zero attached hydrogens (tertiary/aromatic N) is 2. The van der Waals surface area contributed by atoms with E-state index in [9.17, 15) is 14.7 Å². The van der Waals surface area contributed by atoms with Crippen LogP contribution in [0.3, 0.4) is 0 Å². The molecule has 2 aromatic rings. The summed E-state index contributed by atoms with van der Waals surface area (Å²) in [5, 5.41) is 9.85. The molecule has 0 radical (unpaired) electrons. The van der Waals surface area contributed by atoms with E-state index in [0.29, 0.717) is 26.2 Å². The summed E-state index contributed by atoms with van der Waals surface area (Å²) in [5.74, 6) is -0.764. The zero-order valence-electron chi connectivity index (χ0n) is 35.4. The van der Waals surface area contributed by atoms with Gasteiger partial charge in [-0.1, -0.05) is 178 Å². The Bertz CT molecular complexity index is 1630. The van der Waals surface area contributed by atoms with E-state index in [2.05, 4.69) is 116 Å². The van der Waals surface area contributed by atoms with Crippen LogP contribution in [0.2, 0.25) is 0 Å². The molecule has 0 saturated heterocycles. The van der Waals surface area contributed by atoms with Crippen LogP contribution < -0.4 is 4.90 Å². The summed E-state index contributed by atoms with van der Waals surface area (Å²) in [6.45, 7) is 10.9. The first-order valence-corrected chi connectivity index (χ1v) is 22.3. The van der Waals surface area contributed by atoms with Crippen molar-refractivity contribution in [3.63, 3.8) is 0 Å². The van der Waals surface area contributed by atoms with E-state index >= 15 is 0 Å². The van der Waals surface area contributed by atoms with Gasteiger partial charge in [0.15, 0.2) is 12.3 Å². The SMILES string of the molecule is CCCCCCCCCCCC1(CCCCCCCCCC)\C(=C/C=C/C=C/C2=[N+](CCOC=O)c3ccccc3C2(C)C)N(CCC(=O)O)c2ccccc21. The van der Waals surface area contributed by atoms with Gasteiger partial charge in [-0.15, -0.1) is 0 Å². The minimum atomic E-state index is -0.764. The number of carboxylic acid groups (broad SMARTS) is 1. The number of hydrogen-bond donors (Lipinski definition) is 1. The smallest absolute Gasteiger partial charge is 0.305 e. The lowest BCUT2D eigenvalue weighted by atomic mass is 9.71. The van der Waals surface area contributed by atoms with Crippen molar-refractivity contribution in [3.05, 3.63) is 95.7 Å². The Labute approximate surface area is 339 Å². The average Bonchev–Trinajstić information content (AvgIpc) is 3.57. The fourth-order valence-electron chi connectivity index (χ4n) is 9.22. The summed E-state index contributed by atoms with van der Waals surface area (Å²) < 4.78 is 7.39. The monoisotopic (exact) mass is 766 g/mol. The normalized spacial score (nSPS) is 18.1. The Kier molecular flexibility index (Phi) is 19.2. The van der Waals surface area contributed by atoms with Crippen molar-refractivity contribution in [2.24, 2.45) is 0 Å². The molecule has 0 bridgehead atoms. The molecule has 0 fully saturated rings. The first-order chi connectivity index (χ1) is 27.3. The molecule has 4 rings (SSSR count). The standard InChI is InChI=1S/C50H72N2O4/c1-5-7-9-11-13-15-17-19-28-37-50(36-27-18-16-14-12-10-8-6-2)43-30-24-26-32-45(43)51(38-35-48(54)55)47(50)34-22-20-21-33-46-49(3,4)42-29-23-25-31-44(42)52(46)39-40-56-41-53/h20-26,29-34,41H,5-19,27-28,35-40H2,1-4H3/p+1. The van der Waals surface area contributed by atoms with Crippen LogP contribution in [0.25, 0.3) is 0 Å². The van der Waals surface area contributed by atoms with Crippen molar-refractivity contribution >= 4 is 29.5 Å². The highest BCUT2D eigenvalue weighted by Crippen LogP contribution is 2.54. The lowest BCUT2D eigenvalue weighted by Gasteiger charge is -2.34. The van der Waals surface area contributed by atoms with Crippen LogP contribution in [0.1, 0.15) is 167 Å². The molecule has 2 aromatic carbocycles. The quantitative estimate of drug-likeness (QED) is 0.0386. The van der Waals surface area contributed by atoms with E-state index in [1.807, 2.05) is 0 Å². The summed E-state index contributed by atoms with van der Waals surface area (Å²) in [6, 6.07) is 17.3. The van der Waals surface area contributed by atoms with Crippen LogP contribution in [0.15, 0.2) is 84.6 Å². The van der Waals surface area contributed by atoms with Gasteiger partial charge in [0.2, 0.25) is 5.69 Å². The largest absolute Gasteiger partial charge is 0.481 e. The summed E-state index contributed by atoms with van der Waals surface area (Å²) in [6.07, 6.45) is 35.1. The average molecular weight is 766 g/mol. The number of aliphatic carboxylic acids is 1. The minimum absolute atomic E-state index is 0.0960. The fraction of sp³-hybridized carbons (Fsp3) is 0.580. The molecule has 2 aliphatic heterocycles. The molecule has 2 aliphatic rings. The van der Waals surface area contributed by atoms with E-state index in [1.54, 1.807) is 0 Å². The maximum atomic E-state index is 12.0. The molecule has 2 heterocycles. The molecule has 0 amide bonds. The van der Waals surface area contributed by atoms with Crippen LogP contribution >= 0.6 is 0 Å². The molecular formula is C50H73N2O4+. The number of anilines is 1. The lowest BCUT2D eigenvalue weighted by Crippen LogP contribution is -2.32. The molecule has 0 saturated carbocycles. The van der Waals surface area contributed by atoms with Gasteiger partial charge in [0.25, 0.3) is 6.47 Å². The number of fused-ring (bicyclic) bond motifs is 2. The van der Waals surface area contributed by atoms with Crippen LogP contribution in [-0.2, 0) is 25.2 Å². The van der Waals surface area contributed by atoms with E-state index in [4.69, 9.17) is 4.74 Å². The molecule has 0 aromatic heterocycles. The van der Waals surface area contributed by atoms with Gasteiger partial charge in [0.05, 0.1) is 11.8 Å². The molecule has 6 heteroatoms. The molecule has 0 spiro atoms. The molecule has 306 valence electrons. The maximum absolute atomic E-state index is 12.0. The minimum Gasteiger partial charge on any atom is -0.481 e. The number of ether oxygens (including phenoxy) is 1. The van der Waals surface area contributed by atoms with Crippen molar-refractivity contribution in [1.82, 2.24) is 0 Å². The number of carbonyl (C=O) groups is 2. The Morgan fingerprint density at radius 3 is 1.88 bits per heavy atom. The zero-order valence-corrected chi connectivity index (χ0v) is 35.4. The zero-order chi connectivity index (χ0) is 40.1. The number of allylic oxidation sites excluding steroid dienone is 6.